The summed E-state index contributed by atoms with van der Waals surface area (Å²) in [6.45, 7) is 0. The van der Waals surface area contributed by atoms with Gasteiger partial charge >= 0.3 is 24.3 Å². The highest BCUT2D eigenvalue weighted by molar-refractivity contribution is 7.93. The number of benzene rings is 6. The van der Waals surface area contributed by atoms with Gasteiger partial charge in [-0.05, 0) is 121 Å². The van der Waals surface area contributed by atoms with Crippen molar-refractivity contribution in [2.45, 2.75) is 47.8 Å². The number of rotatable bonds is 14. The quantitative estimate of drug-likeness (QED) is 0.0784. The summed E-state index contributed by atoms with van der Waals surface area (Å²) < 4.78 is 146. The lowest BCUT2D eigenvalue weighted by molar-refractivity contribution is -0.143. The van der Waals surface area contributed by atoms with Crippen LogP contribution in [0.5, 0.6) is 0 Å². The van der Waals surface area contributed by atoms with Crippen LogP contribution in [-0.2, 0) is 58.1 Å². The number of nitrogens with one attached hydrogen (secondary N) is 2. The van der Waals surface area contributed by atoms with Gasteiger partial charge in [-0.25, -0.2) is 30.8 Å². The largest absolute Gasteiger partial charge is 0.478 e. The molecule has 6 aromatic rings. The van der Waals surface area contributed by atoms with Crippen LogP contribution in [0.3, 0.4) is 0 Å². The number of alkyl halides is 6. The molecule has 0 aliphatic rings. The third kappa shape index (κ3) is 13.1. The minimum Gasteiger partial charge on any atom is -0.478 e. The van der Waals surface area contributed by atoms with Gasteiger partial charge in [0.05, 0.1) is 32.0 Å². The van der Waals surface area contributed by atoms with Crippen molar-refractivity contribution in [3.8, 4) is 0 Å². The van der Waals surface area contributed by atoms with Gasteiger partial charge < -0.3 is 10.2 Å². The molecular weight excluding hydrogens is 882 g/mol. The van der Waals surface area contributed by atoms with Crippen molar-refractivity contribution < 1.29 is 67.4 Å². The van der Waals surface area contributed by atoms with Gasteiger partial charge in [-0.2, -0.15) is 26.3 Å². The predicted octanol–water partition coefficient (Wildman–Crippen LogP) is 10.1. The van der Waals surface area contributed by atoms with Crippen molar-refractivity contribution >= 4 is 43.4 Å². The molecule has 0 bridgehead atoms. The molecule has 0 spiro atoms. The van der Waals surface area contributed by atoms with Crippen LogP contribution in [0.25, 0.3) is 0 Å². The fourth-order valence-corrected chi connectivity index (χ4v) is 8.38. The molecule has 0 aliphatic carbocycles. The Balaban J connectivity index is 0.000000243. The van der Waals surface area contributed by atoms with Gasteiger partial charge in [0.25, 0.3) is 20.0 Å². The lowest BCUT2D eigenvalue weighted by atomic mass is 10.00. The topological polar surface area (TPSA) is 167 Å². The molecule has 4 N–H and O–H groups in total. The molecule has 0 fully saturated rings. The van der Waals surface area contributed by atoms with Crippen molar-refractivity contribution in [1.82, 2.24) is 0 Å². The summed E-state index contributed by atoms with van der Waals surface area (Å²) in [6.07, 6.45) is -8.76. The monoisotopic (exact) mass is 916 g/mol. The molecule has 0 atom stereocenters. The number of anilines is 2. The molecular formula is C44H35F7N2O8S2. The number of hydrogen-bond donors (Lipinski definition) is 4. The molecule has 0 aromatic heterocycles. The van der Waals surface area contributed by atoms with Crippen LogP contribution in [0.4, 0.5) is 42.1 Å². The van der Waals surface area contributed by atoms with E-state index >= 15 is 0 Å². The van der Waals surface area contributed by atoms with Gasteiger partial charge in [0, 0.05) is 11.4 Å². The van der Waals surface area contributed by atoms with E-state index in [1.165, 1.54) is 42.5 Å². The highest BCUT2D eigenvalue weighted by Crippen LogP contribution is 2.37. The van der Waals surface area contributed by atoms with E-state index in [-0.39, 0.29) is 39.9 Å². The minimum atomic E-state index is -5.20. The van der Waals surface area contributed by atoms with E-state index in [2.05, 4.69) is 4.72 Å². The van der Waals surface area contributed by atoms with Crippen LogP contribution in [0, 0.1) is 5.82 Å². The van der Waals surface area contributed by atoms with Crippen molar-refractivity contribution in [3.05, 3.63) is 190 Å². The zero-order valence-electron chi connectivity index (χ0n) is 32.4. The van der Waals surface area contributed by atoms with E-state index in [1.807, 2.05) is 10.8 Å². The summed E-state index contributed by atoms with van der Waals surface area (Å²) in [6, 6.07) is 30.5. The first-order valence-electron chi connectivity index (χ1n) is 18.4. The molecule has 0 aliphatic heterocycles. The van der Waals surface area contributed by atoms with Gasteiger partial charge in [-0.1, -0.05) is 66.7 Å². The smallest absolute Gasteiger partial charge is 0.416 e. The van der Waals surface area contributed by atoms with Gasteiger partial charge in [0.15, 0.2) is 0 Å². The maximum Gasteiger partial charge on any atom is 0.416 e. The van der Waals surface area contributed by atoms with E-state index in [1.54, 1.807) is 66.7 Å². The number of aryl methyl sites for hydroxylation is 4. The Labute approximate surface area is 356 Å². The van der Waals surface area contributed by atoms with Crippen molar-refractivity contribution in [2.24, 2.45) is 0 Å². The first-order valence-corrected chi connectivity index (χ1v) is 21.4. The third-order valence-corrected chi connectivity index (χ3v) is 11.9. The lowest BCUT2D eigenvalue weighted by Gasteiger charge is -2.15. The Hall–Kier alpha value is -6.73. The van der Waals surface area contributed by atoms with Crippen molar-refractivity contribution in [1.29, 1.82) is 0 Å². The van der Waals surface area contributed by atoms with Gasteiger partial charge in [-0.3, -0.25) is 9.44 Å². The van der Waals surface area contributed by atoms with Crippen LogP contribution >= 0.6 is 0 Å². The van der Waals surface area contributed by atoms with Gasteiger partial charge in [-0.15, -0.1) is 0 Å². The number of hydrogen-bond acceptors (Lipinski definition) is 6. The average molecular weight is 917 g/mol. The first-order chi connectivity index (χ1) is 29.5. The molecule has 0 amide bonds. The van der Waals surface area contributed by atoms with Crippen LogP contribution in [0.1, 0.15) is 54.1 Å². The molecule has 0 saturated heterocycles. The molecule has 0 radical (unpaired) electrons. The fraction of sp³-hybridized carbons (Fsp3) is 0.136. The van der Waals surface area contributed by atoms with Crippen molar-refractivity contribution in [3.63, 3.8) is 0 Å². The summed E-state index contributed by atoms with van der Waals surface area (Å²) in [7, 11) is -8.71. The fourth-order valence-electron chi connectivity index (χ4n) is 6.18. The second kappa shape index (κ2) is 19.5. The number of carboxylic acid groups (broad SMARTS) is 2. The molecule has 6 aromatic carbocycles. The predicted molar refractivity (Wildman–Crippen MR) is 219 cm³/mol. The summed E-state index contributed by atoms with van der Waals surface area (Å²) in [5, 5.41) is 18.5. The third-order valence-electron chi connectivity index (χ3n) is 9.20. The summed E-state index contributed by atoms with van der Waals surface area (Å²) in [4.78, 5) is 21.3. The second-order valence-corrected chi connectivity index (χ2v) is 17.1. The van der Waals surface area contributed by atoms with E-state index < -0.39 is 66.2 Å². The maximum atomic E-state index is 13.3. The molecule has 10 nitrogen and oxygen atoms in total. The molecule has 63 heavy (non-hydrogen) atoms. The zero-order valence-corrected chi connectivity index (χ0v) is 34.0. The van der Waals surface area contributed by atoms with Crippen LogP contribution in [-0.4, -0.2) is 39.0 Å². The number of sulfonamides is 2. The summed E-state index contributed by atoms with van der Waals surface area (Å²) >= 11 is 0. The number of aromatic carboxylic acids is 2. The van der Waals surface area contributed by atoms with E-state index in [0.717, 1.165) is 11.6 Å². The maximum absolute atomic E-state index is 13.3. The zero-order chi connectivity index (χ0) is 46.2. The molecule has 0 heterocycles. The molecule has 0 unspecified atom stereocenters. The lowest BCUT2D eigenvalue weighted by Crippen LogP contribution is -2.17. The number of carbonyl (C=O) groups is 2. The second-order valence-electron chi connectivity index (χ2n) is 13.7. The van der Waals surface area contributed by atoms with Gasteiger partial charge in [0.1, 0.15) is 5.82 Å². The summed E-state index contributed by atoms with van der Waals surface area (Å²) in [5.74, 6) is -2.72. The highest BCUT2D eigenvalue weighted by atomic mass is 32.2. The van der Waals surface area contributed by atoms with E-state index in [9.17, 15) is 67.4 Å². The average Bonchev–Trinajstić information content (AvgIpc) is 3.22. The Morgan fingerprint density at radius 2 is 0.889 bits per heavy atom. The molecule has 19 heteroatoms. The van der Waals surface area contributed by atoms with Crippen LogP contribution in [0.2, 0.25) is 0 Å². The SMILES string of the molecule is O=C(O)c1ccccc1CCc1cccc(NS(=O)(=O)c2cc(C(F)(F)F)cc(C(F)(F)F)c2)c1.O=C(O)c1ccccc1CCc1cccc(NS(=O)(=O)c2cccc(F)c2)c1. The minimum absolute atomic E-state index is 0.0833. The van der Waals surface area contributed by atoms with Gasteiger partial charge in [0.2, 0.25) is 0 Å². The Kier molecular flexibility index (Phi) is 14.7. The standard InChI is InChI=1S/C23H17F6NO4S.C21H18FNO4S/c24-22(25,26)16-11-17(23(27,28)29)13-19(12-16)35(33,34)30-18-6-3-4-14(10-18)8-9-15-5-1-2-7-20(15)21(31)32;22-17-7-4-9-19(14-17)28(26,27)23-18-8-3-5-15(13-18)11-12-16-6-1-2-10-20(16)21(24)25/h1-7,10-13,30H,8-9H2,(H,31,32);1-10,13-14,23H,11-12H2,(H,24,25). The Morgan fingerprint density at radius 3 is 1.30 bits per heavy atom. The van der Waals surface area contributed by atoms with E-state index in [4.69, 9.17) is 0 Å². The van der Waals surface area contributed by atoms with Crippen LogP contribution in [0.15, 0.2) is 149 Å². The van der Waals surface area contributed by atoms with Crippen molar-refractivity contribution in [2.75, 3.05) is 9.44 Å². The normalized spacial score (nSPS) is 11.9. The highest BCUT2D eigenvalue weighted by Gasteiger charge is 2.38. The number of halogens is 7. The van der Waals surface area contributed by atoms with Crippen LogP contribution < -0.4 is 9.44 Å². The Bertz CT molecular complexity index is 2820. The Morgan fingerprint density at radius 1 is 0.476 bits per heavy atom. The summed E-state index contributed by atoms with van der Waals surface area (Å²) in [5.41, 5.74) is -0.217. The molecule has 0 saturated carbocycles. The number of carboxylic acids is 2. The van der Waals surface area contributed by atoms with E-state index in [0.29, 0.717) is 48.1 Å². The molecule has 330 valence electrons. The molecule has 6 rings (SSSR count). The first kappa shape index (κ1) is 47.3.